The number of ether oxygens (including phenoxy) is 1. The first-order chi connectivity index (χ1) is 7.34. The van der Waals surface area contributed by atoms with Gasteiger partial charge in [0.15, 0.2) is 0 Å². The molecule has 5 nitrogen and oxygen atoms in total. The molecule has 0 aliphatic carbocycles. The number of carbonyl (C=O) groups excluding carboxylic acids is 1. The number of primary sulfonamides is 1. The number of methoxy groups -OCH3 is 1. The largest absolute Gasteiger partial charge is 0.469 e. The standard InChI is InChI=1S/C9H10BrNO4S/c1-15-9(12)5-6-2-3-7(10)8(4-6)16(11,13)14/h2-4H,5H2,1H3,(H2,11,13,14). The summed E-state index contributed by atoms with van der Waals surface area (Å²) in [4.78, 5) is 11.0. The number of sulfonamides is 1. The van der Waals surface area contributed by atoms with Crippen LogP contribution in [0.15, 0.2) is 27.6 Å². The highest BCUT2D eigenvalue weighted by Crippen LogP contribution is 2.22. The summed E-state index contributed by atoms with van der Waals surface area (Å²) in [5, 5.41) is 5.02. The van der Waals surface area contributed by atoms with Gasteiger partial charge in [-0.15, -0.1) is 0 Å². The van der Waals surface area contributed by atoms with Crippen LogP contribution in [0.4, 0.5) is 0 Å². The molecule has 0 aliphatic rings. The summed E-state index contributed by atoms with van der Waals surface area (Å²) >= 11 is 3.07. The van der Waals surface area contributed by atoms with Crippen molar-refractivity contribution in [2.75, 3.05) is 7.11 Å². The van der Waals surface area contributed by atoms with Gasteiger partial charge in [-0.25, -0.2) is 13.6 Å². The fraction of sp³-hybridized carbons (Fsp3) is 0.222. The summed E-state index contributed by atoms with van der Waals surface area (Å²) in [5.41, 5.74) is 0.527. The van der Waals surface area contributed by atoms with Crippen molar-refractivity contribution in [2.24, 2.45) is 5.14 Å². The predicted molar refractivity (Wildman–Crippen MR) is 61.2 cm³/mol. The van der Waals surface area contributed by atoms with Gasteiger partial charge in [0.2, 0.25) is 10.0 Å². The second-order valence-corrected chi connectivity index (χ2v) is 5.45. The van der Waals surface area contributed by atoms with Gasteiger partial charge < -0.3 is 4.74 Å². The first-order valence-corrected chi connectivity index (χ1v) is 6.56. The molecular formula is C9H10BrNO4S. The number of rotatable bonds is 3. The van der Waals surface area contributed by atoms with E-state index in [4.69, 9.17) is 5.14 Å². The van der Waals surface area contributed by atoms with Crippen LogP contribution in [-0.4, -0.2) is 21.5 Å². The second kappa shape index (κ2) is 4.94. The summed E-state index contributed by atoms with van der Waals surface area (Å²) in [6, 6.07) is 4.49. The Hall–Kier alpha value is -0.920. The lowest BCUT2D eigenvalue weighted by Gasteiger charge is -2.05. The lowest BCUT2D eigenvalue weighted by Crippen LogP contribution is -2.14. The van der Waals surface area contributed by atoms with Crippen molar-refractivity contribution in [3.8, 4) is 0 Å². The summed E-state index contributed by atoms with van der Waals surface area (Å²) in [7, 11) is -2.53. The van der Waals surface area contributed by atoms with Crippen molar-refractivity contribution in [1.82, 2.24) is 0 Å². The lowest BCUT2D eigenvalue weighted by molar-refractivity contribution is -0.139. The zero-order valence-corrected chi connectivity index (χ0v) is 10.8. The Morgan fingerprint density at radius 1 is 1.50 bits per heavy atom. The first-order valence-electron chi connectivity index (χ1n) is 4.22. The number of carbonyl (C=O) groups is 1. The highest BCUT2D eigenvalue weighted by atomic mass is 79.9. The van der Waals surface area contributed by atoms with Gasteiger partial charge in [-0.3, -0.25) is 4.79 Å². The molecular weight excluding hydrogens is 298 g/mol. The quantitative estimate of drug-likeness (QED) is 0.837. The molecule has 88 valence electrons. The Labute approximate surface area is 102 Å². The molecule has 0 aromatic heterocycles. The minimum absolute atomic E-state index is 0.00625. The van der Waals surface area contributed by atoms with Crippen molar-refractivity contribution >= 4 is 31.9 Å². The summed E-state index contributed by atoms with van der Waals surface area (Å²) in [6.45, 7) is 0. The molecule has 0 aliphatic heterocycles. The van der Waals surface area contributed by atoms with Gasteiger partial charge in [-0.2, -0.15) is 0 Å². The lowest BCUT2D eigenvalue weighted by atomic mass is 10.1. The van der Waals surface area contributed by atoms with Crippen molar-refractivity contribution in [1.29, 1.82) is 0 Å². The Morgan fingerprint density at radius 3 is 2.62 bits per heavy atom. The zero-order valence-electron chi connectivity index (χ0n) is 8.44. The van der Waals surface area contributed by atoms with Gasteiger partial charge in [0, 0.05) is 4.47 Å². The zero-order chi connectivity index (χ0) is 12.3. The third-order valence-corrected chi connectivity index (χ3v) is 3.78. The van der Waals surface area contributed by atoms with E-state index < -0.39 is 16.0 Å². The molecule has 0 amide bonds. The van der Waals surface area contributed by atoms with Crippen LogP contribution < -0.4 is 5.14 Å². The molecule has 0 unspecified atom stereocenters. The highest BCUT2D eigenvalue weighted by Gasteiger charge is 2.14. The van der Waals surface area contributed by atoms with E-state index in [9.17, 15) is 13.2 Å². The number of halogens is 1. The molecule has 1 aromatic carbocycles. The predicted octanol–water partition coefficient (Wildman–Crippen LogP) is 0.812. The number of benzene rings is 1. The summed E-state index contributed by atoms with van der Waals surface area (Å²) in [6.07, 6.45) is 0.00625. The van der Waals surface area contributed by atoms with Crippen LogP contribution in [-0.2, 0) is 26.0 Å². The molecule has 7 heteroatoms. The van der Waals surface area contributed by atoms with E-state index in [2.05, 4.69) is 20.7 Å². The van der Waals surface area contributed by atoms with Gasteiger partial charge in [0.05, 0.1) is 18.4 Å². The smallest absolute Gasteiger partial charge is 0.309 e. The molecule has 0 saturated carbocycles. The van der Waals surface area contributed by atoms with Crippen LogP contribution in [0.5, 0.6) is 0 Å². The Bertz CT molecular complexity index is 512. The monoisotopic (exact) mass is 307 g/mol. The minimum atomic E-state index is -3.80. The van der Waals surface area contributed by atoms with Crippen molar-refractivity contribution in [3.63, 3.8) is 0 Å². The van der Waals surface area contributed by atoms with E-state index in [1.54, 1.807) is 6.07 Å². The van der Waals surface area contributed by atoms with Gasteiger partial charge in [0.1, 0.15) is 0 Å². The molecule has 0 heterocycles. The third-order valence-electron chi connectivity index (χ3n) is 1.88. The maximum atomic E-state index is 11.2. The first kappa shape index (κ1) is 13.1. The van der Waals surface area contributed by atoms with Crippen LogP contribution in [0.25, 0.3) is 0 Å². The van der Waals surface area contributed by atoms with Crippen molar-refractivity contribution < 1.29 is 17.9 Å². The number of esters is 1. The molecule has 0 bridgehead atoms. The molecule has 0 radical (unpaired) electrons. The minimum Gasteiger partial charge on any atom is -0.469 e. The topological polar surface area (TPSA) is 86.5 Å². The summed E-state index contributed by atoms with van der Waals surface area (Å²) < 4.78 is 27.2. The molecule has 16 heavy (non-hydrogen) atoms. The average molecular weight is 308 g/mol. The van der Waals surface area contributed by atoms with Crippen LogP contribution >= 0.6 is 15.9 Å². The molecule has 1 rings (SSSR count). The summed E-state index contributed by atoms with van der Waals surface area (Å²) in [5.74, 6) is -0.442. The molecule has 0 fully saturated rings. The molecule has 0 atom stereocenters. The normalized spacial score (nSPS) is 11.2. The molecule has 1 aromatic rings. The molecule has 0 spiro atoms. The van der Waals surface area contributed by atoms with E-state index >= 15 is 0 Å². The van der Waals surface area contributed by atoms with Crippen molar-refractivity contribution in [2.45, 2.75) is 11.3 Å². The Kier molecular flexibility index (Phi) is 4.06. The van der Waals surface area contributed by atoms with Crippen molar-refractivity contribution in [3.05, 3.63) is 28.2 Å². The van der Waals surface area contributed by atoms with Gasteiger partial charge >= 0.3 is 5.97 Å². The number of hydrogen-bond donors (Lipinski definition) is 1. The van der Waals surface area contributed by atoms with Gasteiger partial charge in [-0.1, -0.05) is 6.07 Å². The average Bonchev–Trinajstić information content (AvgIpc) is 2.19. The fourth-order valence-corrected chi connectivity index (χ4v) is 2.69. The molecule has 0 saturated heterocycles. The van der Waals surface area contributed by atoms with Crippen LogP contribution in [0.2, 0.25) is 0 Å². The van der Waals surface area contributed by atoms with Crippen LogP contribution in [0.1, 0.15) is 5.56 Å². The number of hydrogen-bond acceptors (Lipinski definition) is 4. The Morgan fingerprint density at radius 2 is 2.12 bits per heavy atom. The number of nitrogens with two attached hydrogens (primary N) is 1. The second-order valence-electron chi connectivity index (χ2n) is 3.06. The highest BCUT2D eigenvalue weighted by molar-refractivity contribution is 9.10. The van der Waals surface area contributed by atoms with Gasteiger partial charge in [-0.05, 0) is 33.6 Å². The van der Waals surface area contributed by atoms with Crippen LogP contribution in [0.3, 0.4) is 0 Å². The van der Waals surface area contributed by atoms with Crippen LogP contribution in [0, 0.1) is 0 Å². The van der Waals surface area contributed by atoms with Gasteiger partial charge in [0.25, 0.3) is 0 Å². The third kappa shape index (κ3) is 3.29. The maximum Gasteiger partial charge on any atom is 0.309 e. The van der Waals surface area contributed by atoms with E-state index in [1.165, 1.54) is 19.2 Å². The van der Waals surface area contributed by atoms with E-state index in [1.807, 2.05) is 0 Å². The van der Waals surface area contributed by atoms with E-state index in [0.717, 1.165) is 0 Å². The molecule has 2 N–H and O–H groups in total. The SMILES string of the molecule is COC(=O)Cc1ccc(Br)c(S(N)(=O)=O)c1. The Balaban J connectivity index is 3.13. The maximum absolute atomic E-state index is 11.2. The van der Waals surface area contributed by atoms with E-state index in [-0.39, 0.29) is 11.3 Å². The van der Waals surface area contributed by atoms with E-state index in [0.29, 0.717) is 10.0 Å². The fourth-order valence-electron chi connectivity index (χ4n) is 1.11.